The van der Waals surface area contributed by atoms with E-state index >= 15 is 0 Å². The van der Waals surface area contributed by atoms with Gasteiger partial charge < -0.3 is 4.74 Å². The van der Waals surface area contributed by atoms with Crippen LogP contribution in [0.5, 0.6) is 5.75 Å². The number of benzene rings is 2. The van der Waals surface area contributed by atoms with Crippen molar-refractivity contribution in [2.24, 2.45) is 5.92 Å². The van der Waals surface area contributed by atoms with Gasteiger partial charge in [0, 0.05) is 23.1 Å². The number of nitrogens with zero attached hydrogens (tertiary/aromatic N) is 1. The third kappa shape index (κ3) is 4.54. The Morgan fingerprint density at radius 1 is 1.16 bits per heavy atom. The predicted molar refractivity (Wildman–Crippen MR) is 120 cm³/mol. The molecule has 1 aliphatic carbocycles. The van der Waals surface area contributed by atoms with E-state index < -0.39 is 0 Å². The molecule has 0 saturated heterocycles. The van der Waals surface area contributed by atoms with Gasteiger partial charge in [0.1, 0.15) is 5.75 Å². The van der Waals surface area contributed by atoms with Gasteiger partial charge in [-0.2, -0.15) is 4.57 Å². The van der Waals surface area contributed by atoms with Gasteiger partial charge in [-0.25, -0.2) is 0 Å². The Labute approximate surface area is 187 Å². The van der Waals surface area contributed by atoms with Crippen LogP contribution in [0.2, 0.25) is 5.02 Å². The van der Waals surface area contributed by atoms with Gasteiger partial charge in [0.2, 0.25) is 0 Å². The number of fused-ring (bicyclic) bond motifs is 1. The molecule has 1 aliphatic rings. The lowest BCUT2D eigenvalue weighted by Gasteiger charge is -2.24. The van der Waals surface area contributed by atoms with Gasteiger partial charge in [-0.3, -0.25) is 9.59 Å². The number of halogens is 1. The van der Waals surface area contributed by atoms with Crippen molar-refractivity contribution in [2.75, 3.05) is 7.11 Å². The van der Waals surface area contributed by atoms with Crippen molar-refractivity contribution in [3.8, 4) is 5.75 Å². The fourth-order valence-corrected chi connectivity index (χ4v) is 4.46. The highest BCUT2D eigenvalue weighted by molar-refractivity contribution is 6.31. The van der Waals surface area contributed by atoms with Gasteiger partial charge >= 0.3 is 0 Å². The number of ketones is 2. The summed E-state index contributed by atoms with van der Waals surface area (Å²) in [6.07, 6.45) is 5.99. The number of carbonyl (C=O) groups excluding carboxylic acids is 2. The van der Waals surface area contributed by atoms with Crippen molar-refractivity contribution in [1.29, 1.82) is 0 Å². The van der Waals surface area contributed by atoms with Crippen LogP contribution in [0.15, 0.2) is 60.9 Å². The van der Waals surface area contributed by atoms with Crippen LogP contribution >= 0.6 is 11.6 Å². The number of methoxy groups -OCH3 is 1. The largest absolute Gasteiger partial charge is 0.497 e. The molecule has 2 aromatic carbocycles. The molecular weight excluding hydrogens is 410 g/mol. The van der Waals surface area contributed by atoms with Crippen LogP contribution in [0.1, 0.15) is 50.8 Å². The number of hydrogen-bond acceptors (Lipinski definition) is 3. The Kier molecular flexibility index (Phi) is 6.19. The van der Waals surface area contributed by atoms with Crippen LogP contribution in [0.3, 0.4) is 0 Å². The summed E-state index contributed by atoms with van der Waals surface area (Å²) in [5.41, 5.74) is 4.37. The summed E-state index contributed by atoms with van der Waals surface area (Å²) < 4.78 is 7.25. The quantitative estimate of drug-likeness (QED) is 0.410. The lowest BCUT2D eigenvalue weighted by molar-refractivity contribution is -0.688. The van der Waals surface area contributed by atoms with E-state index in [1.165, 1.54) is 0 Å². The summed E-state index contributed by atoms with van der Waals surface area (Å²) in [4.78, 5) is 25.5. The van der Waals surface area contributed by atoms with Gasteiger partial charge in [-0.05, 0) is 61.6 Å². The monoisotopic (exact) mass is 434 g/mol. The van der Waals surface area contributed by atoms with Crippen molar-refractivity contribution in [3.05, 3.63) is 93.8 Å². The summed E-state index contributed by atoms with van der Waals surface area (Å²) >= 11 is 6.29. The zero-order valence-corrected chi connectivity index (χ0v) is 18.5. The highest BCUT2D eigenvalue weighted by atomic mass is 35.5. The van der Waals surface area contributed by atoms with Gasteiger partial charge in [0.05, 0.1) is 17.7 Å². The van der Waals surface area contributed by atoms with Crippen molar-refractivity contribution in [2.45, 2.75) is 32.7 Å². The van der Waals surface area contributed by atoms with Crippen molar-refractivity contribution >= 4 is 23.2 Å². The molecule has 0 spiro atoms. The molecule has 0 aliphatic heterocycles. The van der Waals surface area contributed by atoms with Crippen molar-refractivity contribution in [1.82, 2.24) is 0 Å². The molecule has 0 fully saturated rings. The second kappa shape index (κ2) is 9.03. The molecule has 0 radical (unpaired) electrons. The fraction of sp³-hybridized carbons (Fsp3) is 0.269. The third-order valence-corrected chi connectivity index (χ3v) is 6.34. The standard InChI is InChI=1S/C26H25ClNO3/c1-17(29)24-16-28(15-21-5-3-4-6-25(21)27)12-11-19(24)13-20-8-7-18-14-22(31-2)9-10-23(18)26(20)30/h3-6,9-12,14,16,20H,7-8,13,15H2,1-2H3/q+1. The Morgan fingerprint density at radius 3 is 2.71 bits per heavy atom. The second-order valence-electron chi connectivity index (χ2n) is 8.03. The topological polar surface area (TPSA) is 47.2 Å². The number of carbonyl (C=O) groups is 2. The molecule has 1 atom stereocenters. The molecule has 1 unspecified atom stereocenters. The lowest BCUT2D eigenvalue weighted by Crippen LogP contribution is -2.35. The van der Waals surface area contributed by atoms with Crippen LogP contribution in [0, 0.1) is 5.92 Å². The summed E-state index contributed by atoms with van der Waals surface area (Å²) in [5, 5.41) is 0.701. The Balaban J connectivity index is 1.57. The van der Waals surface area contributed by atoms with E-state index in [-0.39, 0.29) is 17.5 Å². The maximum atomic E-state index is 13.1. The molecule has 1 heterocycles. The maximum Gasteiger partial charge on any atom is 0.180 e. The van der Waals surface area contributed by atoms with Crippen LogP contribution in [-0.2, 0) is 19.4 Å². The van der Waals surface area contributed by atoms with Gasteiger partial charge in [0.25, 0.3) is 0 Å². The van der Waals surface area contributed by atoms with Crippen LogP contribution < -0.4 is 9.30 Å². The van der Waals surface area contributed by atoms with Crippen molar-refractivity contribution in [3.63, 3.8) is 0 Å². The molecule has 3 aromatic rings. The minimum Gasteiger partial charge on any atom is -0.497 e. The Hall–Kier alpha value is -2.98. The number of aryl methyl sites for hydroxylation is 1. The first-order valence-corrected chi connectivity index (χ1v) is 10.8. The Morgan fingerprint density at radius 2 is 1.97 bits per heavy atom. The molecule has 1 aromatic heterocycles. The molecule has 0 bridgehead atoms. The molecule has 0 N–H and O–H groups in total. The molecule has 0 saturated carbocycles. The molecule has 31 heavy (non-hydrogen) atoms. The number of rotatable bonds is 6. The van der Waals surface area contributed by atoms with Crippen LogP contribution in [0.4, 0.5) is 0 Å². The van der Waals surface area contributed by atoms with E-state index in [1.807, 2.05) is 65.5 Å². The van der Waals surface area contributed by atoms with E-state index in [2.05, 4.69) is 0 Å². The first kappa shape index (κ1) is 21.3. The zero-order chi connectivity index (χ0) is 22.0. The number of Topliss-reactive ketones (excluding diaryl/α,β-unsaturated/α-hetero) is 2. The van der Waals surface area contributed by atoms with E-state index in [0.717, 1.165) is 40.8 Å². The molecule has 158 valence electrons. The molecular formula is C26H25ClNO3+. The Bertz CT molecular complexity index is 1160. The number of pyridine rings is 1. The SMILES string of the molecule is COc1ccc2c(c1)CCC(Cc1cc[n+](Cc3ccccc3Cl)cc1C(C)=O)C2=O. The molecule has 5 heteroatoms. The van der Waals surface area contributed by atoms with E-state index in [9.17, 15) is 9.59 Å². The van der Waals surface area contributed by atoms with Crippen molar-refractivity contribution < 1.29 is 18.9 Å². The minimum atomic E-state index is -0.126. The maximum absolute atomic E-state index is 13.1. The average molecular weight is 435 g/mol. The minimum absolute atomic E-state index is 0.00287. The molecule has 4 rings (SSSR count). The number of aromatic nitrogens is 1. The summed E-state index contributed by atoms with van der Waals surface area (Å²) in [6.45, 7) is 2.15. The smallest absolute Gasteiger partial charge is 0.180 e. The van der Waals surface area contributed by atoms with Gasteiger partial charge in [0.15, 0.2) is 30.5 Å². The first-order valence-electron chi connectivity index (χ1n) is 10.4. The fourth-order valence-electron chi connectivity index (χ4n) is 4.27. The highest BCUT2D eigenvalue weighted by Crippen LogP contribution is 2.31. The number of ether oxygens (including phenoxy) is 1. The normalized spacial score (nSPS) is 15.5. The third-order valence-electron chi connectivity index (χ3n) is 5.98. The summed E-state index contributed by atoms with van der Waals surface area (Å²) in [7, 11) is 1.63. The summed E-state index contributed by atoms with van der Waals surface area (Å²) in [6, 6.07) is 15.3. The highest BCUT2D eigenvalue weighted by Gasteiger charge is 2.29. The van der Waals surface area contributed by atoms with Gasteiger partial charge in [-0.15, -0.1) is 0 Å². The van der Waals surface area contributed by atoms with E-state index in [0.29, 0.717) is 23.6 Å². The second-order valence-corrected chi connectivity index (χ2v) is 8.44. The zero-order valence-electron chi connectivity index (χ0n) is 17.7. The number of hydrogen-bond donors (Lipinski definition) is 0. The predicted octanol–water partition coefficient (Wildman–Crippen LogP) is 4.87. The van der Waals surface area contributed by atoms with E-state index in [4.69, 9.17) is 16.3 Å². The molecule has 4 nitrogen and oxygen atoms in total. The first-order chi connectivity index (χ1) is 15.0. The molecule has 0 amide bonds. The lowest BCUT2D eigenvalue weighted by atomic mass is 9.79. The van der Waals surface area contributed by atoms with E-state index in [1.54, 1.807) is 14.0 Å². The summed E-state index contributed by atoms with van der Waals surface area (Å²) in [5.74, 6) is 0.788. The average Bonchev–Trinajstić information content (AvgIpc) is 2.77. The van der Waals surface area contributed by atoms with Crippen LogP contribution in [-0.4, -0.2) is 18.7 Å². The van der Waals surface area contributed by atoms with Gasteiger partial charge in [-0.1, -0.05) is 29.8 Å². The van der Waals surface area contributed by atoms with Crippen LogP contribution in [0.25, 0.3) is 0 Å².